The Kier molecular flexibility index (Phi) is 5.41. The van der Waals surface area contributed by atoms with Crippen molar-refractivity contribution < 1.29 is 13.2 Å². The lowest BCUT2D eigenvalue weighted by Crippen LogP contribution is -2.13. The summed E-state index contributed by atoms with van der Waals surface area (Å²) in [6, 6.07) is 8.87. The van der Waals surface area contributed by atoms with E-state index in [-0.39, 0.29) is 16.3 Å². The highest BCUT2D eigenvalue weighted by atomic mass is 35.5. The van der Waals surface area contributed by atoms with Crippen molar-refractivity contribution in [3.8, 4) is 0 Å². The second-order valence-corrected chi connectivity index (χ2v) is 7.65. The molecule has 122 valence electrons. The monoisotopic (exact) mass is 392 g/mol. The number of benzene rings is 2. The maximum Gasteiger partial charge on any atom is 0.255 e. The minimum absolute atomic E-state index is 0.0975. The Morgan fingerprint density at radius 1 is 0.957 bits per heavy atom. The highest BCUT2D eigenvalue weighted by molar-refractivity contribution is 7.92. The molecule has 0 fully saturated rings. The Labute approximate surface area is 148 Å². The summed E-state index contributed by atoms with van der Waals surface area (Å²) in [5.74, 6) is -0.457. The molecule has 0 aliphatic carbocycles. The molecule has 0 saturated heterocycles. The third-order valence-corrected chi connectivity index (χ3v) is 4.17. The van der Waals surface area contributed by atoms with E-state index < -0.39 is 15.9 Å². The molecule has 2 N–H and O–H groups in total. The molecule has 0 saturated carbocycles. The van der Waals surface area contributed by atoms with Crippen LogP contribution in [0, 0.1) is 0 Å². The first-order valence-electron chi connectivity index (χ1n) is 6.19. The fourth-order valence-electron chi connectivity index (χ4n) is 1.73. The minimum atomic E-state index is -3.46. The number of carbonyl (C=O) groups excluding carboxylic acids is 1. The van der Waals surface area contributed by atoms with Crippen LogP contribution in [-0.4, -0.2) is 20.6 Å². The summed E-state index contributed by atoms with van der Waals surface area (Å²) in [6.45, 7) is 0. The lowest BCUT2D eigenvalue weighted by Gasteiger charge is -2.10. The summed E-state index contributed by atoms with van der Waals surface area (Å²) in [4.78, 5) is 12.2. The van der Waals surface area contributed by atoms with E-state index in [0.29, 0.717) is 15.7 Å². The maximum atomic E-state index is 12.2. The second-order valence-electron chi connectivity index (χ2n) is 4.65. The van der Waals surface area contributed by atoms with Crippen molar-refractivity contribution in [1.29, 1.82) is 0 Å². The van der Waals surface area contributed by atoms with E-state index >= 15 is 0 Å². The van der Waals surface area contributed by atoms with Crippen molar-refractivity contribution in [2.45, 2.75) is 0 Å². The normalized spacial score (nSPS) is 11.1. The molecule has 5 nitrogen and oxygen atoms in total. The number of hydrogen-bond donors (Lipinski definition) is 2. The number of sulfonamides is 1. The lowest BCUT2D eigenvalue weighted by molar-refractivity contribution is 0.102. The number of hydrogen-bond acceptors (Lipinski definition) is 3. The molecule has 2 aromatic carbocycles. The Morgan fingerprint density at radius 2 is 1.65 bits per heavy atom. The van der Waals surface area contributed by atoms with Crippen LogP contribution in [-0.2, 0) is 10.0 Å². The molecule has 2 aromatic rings. The standard InChI is InChI=1S/C14H11Cl3N2O3S/c1-23(21,22)19-12-5-2-8(6-11(12)17)14(20)18-13-7-9(15)3-4-10(13)16/h2-7,19H,1H3,(H,18,20). The summed E-state index contributed by atoms with van der Waals surface area (Å²) in [5.41, 5.74) is 0.787. The van der Waals surface area contributed by atoms with E-state index in [4.69, 9.17) is 34.8 Å². The van der Waals surface area contributed by atoms with E-state index in [2.05, 4.69) is 10.0 Å². The Morgan fingerprint density at radius 3 is 2.26 bits per heavy atom. The average Bonchev–Trinajstić information content (AvgIpc) is 2.43. The van der Waals surface area contributed by atoms with Gasteiger partial charge in [0, 0.05) is 10.6 Å². The van der Waals surface area contributed by atoms with Gasteiger partial charge in [0.2, 0.25) is 10.0 Å². The van der Waals surface area contributed by atoms with E-state index in [0.717, 1.165) is 6.26 Å². The fraction of sp³-hybridized carbons (Fsp3) is 0.0714. The molecule has 0 aliphatic heterocycles. The summed E-state index contributed by atoms with van der Waals surface area (Å²) >= 11 is 17.8. The third kappa shape index (κ3) is 5.00. The van der Waals surface area contributed by atoms with Gasteiger partial charge in [0.05, 0.1) is 27.7 Å². The van der Waals surface area contributed by atoms with E-state index in [1.165, 1.54) is 24.3 Å². The van der Waals surface area contributed by atoms with Gasteiger partial charge in [0.25, 0.3) is 5.91 Å². The molecule has 23 heavy (non-hydrogen) atoms. The second kappa shape index (κ2) is 6.97. The van der Waals surface area contributed by atoms with Gasteiger partial charge in [-0.15, -0.1) is 0 Å². The number of carbonyl (C=O) groups is 1. The van der Waals surface area contributed by atoms with Crippen LogP contribution in [0.5, 0.6) is 0 Å². The van der Waals surface area contributed by atoms with Crippen LogP contribution in [0.4, 0.5) is 11.4 Å². The Balaban J connectivity index is 2.23. The van der Waals surface area contributed by atoms with Gasteiger partial charge in [-0.25, -0.2) is 8.42 Å². The number of nitrogens with one attached hydrogen (secondary N) is 2. The van der Waals surface area contributed by atoms with Crippen molar-refractivity contribution in [2.75, 3.05) is 16.3 Å². The molecule has 0 aliphatic rings. The highest BCUT2D eigenvalue weighted by Gasteiger charge is 2.13. The molecule has 2 rings (SSSR count). The van der Waals surface area contributed by atoms with Crippen molar-refractivity contribution in [1.82, 2.24) is 0 Å². The van der Waals surface area contributed by atoms with Crippen molar-refractivity contribution in [3.05, 3.63) is 57.0 Å². The van der Waals surface area contributed by atoms with Gasteiger partial charge in [-0.1, -0.05) is 34.8 Å². The van der Waals surface area contributed by atoms with Crippen LogP contribution in [0.3, 0.4) is 0 Å². The smallest absolute Gasteiger partial charge is 0.255 e. The maximum absolute atomic E-state index is 12.2. The number of anilines is 2. The van der Waals surface area contributed by atoms with Crippen LogP contribution in [0.25, 0.3) is 0 Å². The van der Waals surface area contributed by atoms with E-state index in [1.54, 1.807) is 12.1 Å². The molecule has 0 bridgehead atoms. The number of halogens is 3. The van der Waals surface area contributed by atoms with Gasteiger partial charge in [0.15, 0.2) is 0 Å². The summed E-state index contributed by atoms with van der Waals surface area (Å²) < 4.78 is 24.7. The zero-order valence-corrected chi connectivity index (χ0v) is 14.8. The van der Waals surface area contributed by atoms with Crippen LogP contribution in [0.15, 0.2) is 36.4 Å². The zero-order valence-electron chi connectivity index (χ0n) is 11.7. The molecule has 0 radical (unpaired) electrons. The molecule has 0 aromatic heterocycles. The minimum Gasteiger partial charge on any atom is -0.321 e. The van der Waals surface area contributed by atoms with Gasteiger partial charge >= 0.3 is 0 Å². The molecule has 0 atom stereocenters. The van der Waals surface area contributed by atoms with Crippen molar-refractivity contribution in [3.63, 3.8) is 0 Å². The molecule has 0 heterocycles. The van der Waals surface area contributed by atoms with E-state index in [9.17, 15) is 13.2 Å². The highest BCUT2D eigenvalue weighted by Crippen LogP contribution is 2.27. The number of rotatable bonds is 4. The molecule has 0 spiro atoms. The quantitative estimate of drug-likeness (QED) is 0.814. The number of amides is 1. The molecule has 0 unspecified atom stereocenters. The summed E-state index contributed by atoms with van der Waals surface area (Å²) in [6.07, 6.45) is 1.01. The molecular weight excluding hydrogens is 383 g/mol. The fourth-order valence-corrected chi connectivity index (χ4v) is 2.92. The van der Waals surface area contributed by atoms with Gasteiger partial charge in [-0.05, 0) is 36.4 Å². The predicted molar refractivity (Wildman–Crippen MR) is 94.3 cm³/mol. The summed E-state index contributed by atoms with van der Waals surface area (Å²) in [7, 11) is -3.46. The first kappa shape index (κ1) is 17.9. The first-order valence-corrected chi connectivity index (χ1v) is 9.22. The van der Waals surface area contributed by atoms with Crippen molar-refractivity contribution in [2.24, 2.45) is 0 Å². The van der Waals surface area contributed by atoms with Gasteiger partial charge in [0.1, 0.15) is 0 Å². The van der Waals surface area contributed by atoms with Gasteiger partial charge < -0.3 is 5.32 Å². The SMILES string of the molecule is CS(=O)(=O)Nc1ccc(C(=O)Nc2cc(Cl)ccc2Cl)cc1Cl. The van der Waals surface area contributed by atoms with Crippen LogP contribution in [0.1, 0.15) is 10.4 Å². The Bertz CT molecular complexity index is 870. The first-order chi connectivity index (χ1) is 10.7. The lowest BCUT2D eigenvalue weighted by atomic mass is 10.2. The molecule has 1 amide bonds. The third-order valence-electron chi connectivity index (χ3n) is 2.70. The van der Waals surface area contributed by atoms with Crippen LogP contribution >= 0.6 is 34.8 Å². The predicted octanol–water partition coefficient (Wildman–Crippen LogP) is 4.27. The topological polar surface area (TPSA) is 75.3 Å². The van der Waals surface area contributed by atoms with E-state index in [1.807, 2.05) is 0 Å². The largest absolute Gasteiger partial charge is 0.321 e. The van der Waals surface area contributed by atoms with Crippen molar-refractivity contribution >= 4 is 62.1 Å². The van der Waals surface area contributed by atoms with Gasteiger partial charge in [-0.2, -0.15) is 0 Å². The zero-order chi connectivity index (χ0) is 17.2. The Hall–Kier alpha value is -1.47. The summed E-state index contributed by atoms with van der Waals surface area (Å²) in [5, 5.41) is 3.47. The average molecular weight is 394 g/mol. The van der Waals surface area contributed by atoms with Crippen LogP contribution < -0.4 is 10.0 Å². The van der Waals surface area contributed by atoms with Crippen LogP contribution in [0.2, 0.25) is 15.1 Å². The van der Waals surface area contributed by atoms with Gasteiger partial charge in [-0.3, -0.25) is 9.52 Å². The molecule has 9 heteroatoms. The molecular formula is C14H11Cl3N2O3S.